The van der Waals surface area contributed by atoms with Crippen LogP contribution in [-0.4, -0.2) is 18.3 Å². The highest BCUT2D eigenvalue weighted by Gasteiger charge is 1.86. The van der Waals surface area contributed by atoms with Gasteiger partial charge in [-0.15, -0.1) is 0 Å². The van der Waals surface area contributed by atoms with Crippen molar-refractivity contribution in [2.24, 2.45) is 0 Å². The zero-order chi connectivity index (χ0) is 6.53. The third-order valence-electron chi connectivity index (χ3n) is 0.962. The third kappa shape index (κ3) is 2.03. The normalized spacial score (nSPS) is 9.44. The van der Waals surface area contributed by atoms with Crippen LogP contribution in [0.15, 0.2) is 16.8 Å². The van der Waals surface area contributed by atoms with Crippen molar-refractivity contribution >= 4 is 17.0 Å². The second-order valence-corrected chi connectivity index (χ2v) is 2.44. The molecule has 1 aromatic heterocycles. The Balaban J connectivity index is 2.30. The molecule has 0 saturated heterocycles. The Bertz CT molecular complexity index is 150. The van der Waals surface area contributed by atoms with Crippen LogP contribution in [0, 0.1) is 0 Å². The summed E-state index contributed by atoms with van der Waals surface area (Å²) in [6.45, 7) is 0.826. The van der Waals surface area contributed by atoms with E-state index < -0.39 is 0 Å². The Morgan fingerprint density at radius 2 is 2.56 bits per heavy atom. The number of anilines is 1. The summed E-state index contributed by atoms with van der Waals surface area (Å²) in [5.41, 5.74) is 1.09. The molecule has 9 heavy (non-hydrogen) atoms. The van der Waals surface area contributed by atoms with Gasteiger partial charge in [0.1, 0.15) is 0 Å². The molecule has 0 aromatic carbocycles. The molecule has 1 aromatic rings. The standard InChI is InChI=1S/C6H9NOS/c8-3-2-7-6-1-4-9-5-6/h1,4-5,7-8H,2-3H2. The largest absolute Gasteiger partial charge is 0.395 e. The minimum absolute atomic E-state index is 0.190. The van der Waals surface area contributed by atoms with Crippen molar-refractivity contribution in [2.75, 3.05) is 18.5 Å². The molecule has 0 atom stereocenters. The molecule has 2 nitrogen and oxygen atoms in total. The fourth-order valence-electron chi connectivity index (χ4n) is 0.565. The van der Waals surface area contributed by atoms with Crippen LogP contribution in [0.5, 0.6) is 0 Å². The van der Waals surface area contributed by atoms with Crippen molar-refractivity contribution in [2.45, 2.75) is 0 Å². The molecular formula is C6H9NOS. The van der Waals surface area contributed by atoms with Gasteiger partial charge in [0.15, 0.2) is 0 Å². The molecule has 1 heterocycles. The molecule has 3 heteroatoms. The van der Waals surface area contributed by atoms with E-state index in [0.29, 0.717) is 6.54 Å². The lowest BCUT2D eigenvalue weighted by atomic mass is 10.5. The maximum atomic E-state index is 8.41. The predicted octanol–water partition coefficient (Wildman–Crippen LogP) is 1.15. The van der Waals surface area contributed by atoms with Crippen LogP contribution in [0.25, 0.3) is 0 Å². The maximum absolute atomic E-state index is 8.41. The Labute approximate surface area is 58.1 Å². The zero-order valence-corrected chi connectivity index (χ0v) is 5.82. The topological polar surface area (TPSA) is 32.3 Å². The van der Waals surface area contributed by atoms with Gasteiger partial charge in [-0.2, -0.15) is 11.3 Å². The SMILES string of the molecule is OCCNc1ccsc1. The van der Waals surface area contributed by atoms with Gasteiger partial charge in [0.25, 0.3) is 0 Å². The molecule has 0 aliphatic carbocycles. The van der Waals surface area contributed by atoms with E-state index >= 15 is 0 Å². The van der Waals surface area contributed by atoms with Crippen molar-refractivity contribution in [3.63, 3.8) is 0 Å². The van der Waals surface area contributed by atoms with Gasteiger partial charge in [0.05, 0.1) is 6.61 Å². The molecule has 2 N–H and O–H groups in total. The molecule has 1 rings (SSSR count). The second-order valence-electron chi connectivity index (χ2n) is 1.66. The minimum atomic E-state index is 0.190. The average molecular weight is 143 g/mol. The molecule has 0 saturated carbocycles. The first-order valence-electron chi connectivity index (χ1n) is 2.80. The molecule has 0 fully saturated rings. The summed E-state index contributed by atoms with van der Waals surface area (Å²) < 4.78 is 0. The van der Waals surface area contributed by atoms with Crippen LogP contribution in [0.4, 0.5) is 5.69 Å². The van der Waals surface area contributed by atoms with Crippen LogP contribution in [0.3, 0.4) is 0 Å². The van der Waals surface area contributed by atoms with Crippen LogP contribution in [0.2, 0.25) is 0 Å². The van der Waals surface area contributed by atoms with Crippen LogP contribution in [-0.2, 0) is 0 Å². The summed E-state index contributed by atoms with van der Waals surface area (Å²) in [6, 6.07) is 1.99. The van der Waals surface area contributed by atoms with E-state index in [1.165, 1.54) is 0 Å². The average Bonchev–Trinajstić information content (AvgIpc) is 2.34. The van der Waals surface area contributed by atoms with Crippen LogP contribution >= 0.6 is 11.3 Å². The lowest BCUT2D eigenvalue weighted by Gasteiger charge is -1.97. The summed E-state index contributed by atoms with van der Waals surface area (Å²) in [7, 11) is 0. The molecule has 0 aliphatic heterocycles. The van der Waals surface area contributed by atoms with Crippen LogP contribution < -0.4 is 5.32 Å². The molecular weight excluding hydrogens is 134 g/mol. The highest BCUT2D eigenvalue weighted by Crippen LogP contribution is 2.10. The summed E-state index contributed by atoms with van der Waals surface area (Å²) in [6.07, 6.45) is 0. The first-order chi connectivity index (χ1) is 4.43. The summed E-state index contributed by atoms with van der Waals surface area (Å²) in [5.74, 6) is 0. The predicted molar refractivity (Wildman–Crippen MR) is 39.9 cm³/mol. The third-order valence-corrected chi connectivity index (χ3v) is 1.65. The molecule has 0 aliphatic rings. The van der Waals surface area contributed by atoms with Gasteiger partial charge in [-0.25, -0.2) is 0 Å². The lowest BCUT2D eigenvalue weighted by Crippen LogP contribution is -2.03. The van der Waals surface area contributed by atoms with Crippen molar-refractivity contribution < 1.29 is 5.11 Å². The molecule has 0 radical (unpaired) electrons. The second kappa shape index (κ2) is 3.48. The van der Waals surface area contributed by atoms with E-state index in [0.717, 1.165) is 5.69 Å². The van der Waals surface area contributed by atoms with Gasteiger partial charge < -0.3 is 10.4 Å². The number of rotatable bonds is 3. The van der Waals surface area contributed by atoms with Crippen molar-refractivity contribution in [1.29, 1.82) is 0 Å². The Morgan fingerprint density at radius 1 is 1.67 bits per heavy atom. The zero-order valence-electron chi connectivity index (χ0n) is 5.00. The van der Waals surface area contributed by atoms with Gasteiger partial charge in [0.2, 0.25) is 0 Å². The Hall–Kier alpha value is -0.540. The van der Waals surface area contributed by atoms with Crippen molar-refractivity contribution in [3.05, 3.63) is 16.8 Å². The number of hydrogen-bond acceptors (Lipinski definition) is 3. The number of hydrogen-bond donors (Lipinski definition) is 2. The van der Waals surface area contributed by atoms with Gasteiger partial charge in [-0.05, 0) is 11.4 Å². The Kier molecular flexibility index (Phi) is 2.54. The van der Waals surface area contributed by atoms with Gasteiger partial charge in [-0.3, -0.25) is 0 Å². The van der Waals surface area contributed by atoms with Gasteiger partial charge >= 0.3 is 0 Å². The fourth-order valence-corrected chi connectivity index (χ4v) is 1.18. The number of aliphatic hydroxyl groups excluding tert-OH is 1. The summed E-state index contributed by atoms with van der Waals surface area (Å²) in [4.78, 5) is 0. The molecule has 0 spiro atoms. The van der Waals surface area contributed by atoms with E-state index in [1.807, 2.05) is 16.8 Å². The smallest absolute Gasteiger partial charge is 0.0604 e. The van der Waals surface area contributed by atoms with E-state index in [-0.39, 0.29) is 6.61 Å². The molecule has 0 bridgehead atoms. The quantitative estimate of drug-likeness (QED) is 0.665. The number of thiophene rings is 1. The monoisotopic (exact) mass is 143 g/mol. The van der Waals surface area contributed by atoms with Crippen molar-refractivity contribution in [3.8, 4) is 0 Å². The van der Waals surface area contributed by atoms with Gasteiger partial charge in [-0.1, -0.05) is 0 Å². The first kappa shape index (κ1) is 6.58. The van der Waals surface area contributed by atoms with E-state index in [4.69, 9.17) is 5.11 Å². The van der Waals surface area contributed by atoms with Crippen LogP contribution in [0.1, 0.15) is 0 Å². The summed E-state index contributed by atoms with van der Waals surface area (Å²) in [5, 5.41) is 15.4. The highest BCUT2D eigenvalue weighted by atomic mass is 32.1. The lowest BCUT2D eigenvalue weighted by molar-refractivity contribution is 0.311. The number of aliphatic hydroxyl groups is 1. The molecule has 50 valence electrons. The Morgan fingerprint density at radius 3 is 3.11 bits per heavy atom. The minimum Gasteiger partial charge on any atom is -0.395 e. The fraction of sp³-hybridized carbons (Fsp3) is 0.333. The van der Waals surface area contributed by atoms with Crippen molar-refractivity contribution in [1.82, 2.24) is 0 Å². The van der Waals surface area contributed by atoms with E-state index in [2.05, 4.69) is 5.32 Å². The molecule has 0 amide bonds. The van der Waals surface area contributed by atoms with Gasteiger partial charge in [0, 0.05) is 17.6 Å². The van der Waals surface area contributed by atoms with E-state index in [9.17, 15) is 0 Å². The number of nitrogens with one attached hydrogen (secondary N) is 1. The van der Waals surface area contributed by atoms with E-state index in [1.54, 1.807) is 11.3 Å². The molecule has 0 unspecified atom stereocenters. The first-order valence-corrected chi connectivity index (χ1v) is 3.74. The maximum Gasteiger partial charge on any atom is 0.0604 e. The highest BCUT2D eigenvalue weighted by molar-refractivity contribution is 7.08. The summed E-state index contributed by atoms with van der Waals surface area (Å²) >= 11 is 1.65.